The molecule has 2 aromatic heterocycles. The third kappa shape index (κ3) is 4.57. The average molecular weight is 373 g/mol. The van der Waals surface area contributed by atoms with Gasteiger partial charge < -0.3 is 14.8 Å². The number of amides is 1. The molecule has 0 atom stereocenters. The Labute approximate surface area is 164 Å². The lowest BCUT2D eigenvalue weighted by atomic mass is 10.1. The van der Waals surface area contributed by atoms with Crippen molar-refractivity contribution in [1.82, 2.24) is 14.9 Å². The molecule has 3 rings (SSSR count). The third-order valence-corrected chi connectivity index (χ3v) is 4.43. The number of fused-ring (bicyclic) bond motifs is 1. The molecule has 0 aliphatic rings. The van der Waals surface area contributed by atoms with E-state index in [0.717, 1.165) is 27.8 Å². The normalized spacial score (nSPS) is 10.9. The highest BCUT2D eigenvalue weighted by Crippen LogP contribution is 2.22. The number of aromatic nitrogens is 2. The number of rotatable bonds is 7. The van der Waals surface area contributed by atoms with E-state index in [-0.39, 0.29) is 5.91 Å². The number of benzene rings is 1. The second-order valence-corrected chi connectivity index (χ2v) is 6.67. The topological polar surface area (TPSA) is 74.0 Å². The average Bonchev–Trinajstić information content (AvgIpc) is 3.07. The van der Waals surface area contributed by atoms with E-state index in [1.54, 1.807) is 6.20 Å². The number of nitrogens with one attached hydrogen (secondary N) is 1. The van der Waals surface area contributed by atoms with Crippen molar-refractivity contribution in [2.24, 2.45) is 0 Å². The van der Waals surface area contributed by atoms with Crippen LogP contribution in [-0.2, 0) is 17.9 Å². The van der Waals surface area contributed by atoms with Crippen molar-refractivity contribution in [2.75, 3.05) is 19.0 Å². The zero-order valence-corrected chi connectivity index (χ0v) is 16.1. The summed E-state index contributed by atoms with van der Waals surface area (Å²) in [5, 5.41) is 12.8. The summed E-state index contributed by atoms with van der Waals surface area (Å²) >= 11 is 0. The molecule has 3 aromatic rings. The first-order chi connectivity index (χ1) is 13.6. The molecule has 0 saturated heterocycles. The van der Waals surface area contributed by atoms with E-state index in [1.807, 2.05) is 72.2 Å². The van der Waals surface area contributed by atoms with E-state index >= 15 is 0 Å². The smallest absolute Gasteiger partial charge is 0.244 e. The second kappa shape index (κ2) is 8.87. The molecule has 2 heterocycles. The van der Waals surface area contributed by atoms with Crippen LogP contribution in [0.15, 0.2) is 54.9 Å². The van der Waals surface area contributed by atoms with Crippen molar-refractivity contribution in [3.8, 4) is 6.07 Å². The summed E-state index contributed by atoms with van der Waals surface area (Å²) in [6.45, 7) is 1.06. The molecule has 142 valence electrons. The molecule has 0 fully saturated rings. The monoisotopic (exact) mass is 373 g/mol. The highest BCUT2D eigenvalue weighted by molar-refractivity contribution is 5.96. The fourth-order valence-corrected chi connectivity index (χ4v) is 2.96. The highest BCUT2D eigenvalue weighted by Gasteiger charge is 2.06. The van der Waals surface area contributed by atoms with Gasteiger partial charge in [-0.3, -0.25) is 4.79 Å². The van der Waals surface area contributed by atoms with Gasteiger partial charge in [-0.1, -0.05) is 24.3 Å². The van der Waals surface area contributed by atoms with Gasteiger partial charge in [-0.15, -0.1) is 0 Å². The Hall–Kier alpha value is -3.59. The quantitative estimate of drug-likeness (QED) is 0.645. The second-order valence-electron chi connectivity index (χ2n) is 6.67. The van der Waals surface area contributed by atoms with Crippen molar-refractivity contribution in [2.45, 2.75) is 19.5 Å². The minimum atomic E-state index is -0.162. The number of hydrogen-bond acceptors (Lipinski definition) is 4. The fraction of sp³-hybridized carbons (Fsp3) is 0.227. The SMILES string of the molecule is CN(C)c1ccc(CNC(=O)/C=C/c2cn(CCC#N)c3ccccc23)cn1. The van der Waals surface area contributed by atoms with E-state index in [1.165, 1.54) is 6.08 Å². The predicted octanol–water partition coefficient (Wildman–Crippen LogP) is 3.35. The van der Waals surface area contributed by atoms with Gasteiger partial charge in [0.15, 0.2) is 0 Å². The van der Waals surface area contributed by atoms with Gasteiger partial charge in [0, 0.05) is 62.1 Å². The molecule has 1 amide bonds. The van der Waals surface area contributed by atoms with Crippen LogP contribution in [0.25, 0.3) is 17.0 Å². The largest absolute Gasteiger partial charge is 0.363 e. The molecule has 0 aliphatic carbocycles. The zero-order valence-electron chi connectivity index (χ0n) is 16.1. The Balaban J connectivity index is 1.66. The Morgan fingerprint density at radius 2 is 2.11 bits per heavy atom. The van der Waals surface area contributed by atoms with Crippen LogP contribution in [0, 0.1) is 11.3 Å². The number of nitrogens with zero attached hydrogens (tertiary/aromatic N) is 4. The van der Waals surface area contributed by atoms with Gasteiger partial charge in [0.25, 0.3) is 0 Å². The van der Waals surface area contributed by atoms with Crippen LogP contribution in [0.5, 0.6) is 0 Å². The minimum absolute atomic E-state index is 0.162. The lowest BCUT2D eigenvalue weighted by molar-refractivity contribution is -0.116. The van der Waals surface area contributed by atoms with Gasteiger partial charge >= 0.3 is 0 Å². The van der Waals surface area contributed by atoms with Crippen molar-refractivity contribution < 1.29 is 4.79 Å². The van der Waals surface area contributed by atoms with Crippen LogP contribution in [0.4, 0.5) is 5.82 Å². The molecule has 0 saturated carbocycles. The third-order valence-electron chi connectivity index (χ3n) is 4.43. The molecule has 6 heteroatoms. The van der Waals surface area contributed by atoms with E-state index in [2.05, 4.69) is 16.4 Å². The first-order valence-corrected chi connectivity index (χ1v) is 9.11. The number of hydrogen-bond donors (Lipinski definition) is 1. The summed E-state index contributed by atoms with van der Waals surface area (Å²) < 4.78 is 2.05. The highest BCUT2D eigenvalue weighted by atomic mass is 16.1. The van der Waals surface area contributed by atoms with E-state index in [0.29, 0.717) is 19.5 Å². The maximum atomic E-state index is 12.2. The number of aryl methyl sites for hydroxylation is 1. The molecule has 0 bridgehead atoms. The van der Waals surface area contributed by atoms with Gasteiger partial charge in [-0.25, -0.2) is 4.98 Å². The van der Waals surface area contributed by atoms with Crippen LogP contribution in [-0.4, -0.2) is 29.6 Å². The van der Waals surface area contributed by atoms with E-state index < -0.39 is 0 Å². The molecule has 0 spiro atoms. The van der Waals surface area contributed by atoms with Crippen molar-refractivity contribution >= 4 is 28.7 Å². The first-order valence-electron chi connectivity index (χ1n) is 9.11. The fourth-order valence-electron chi connectivity index (χ4n) is 2.96. The van der Waals surface area contributed by atoms with Crippen LogP contribution >= 0.6 is 0 Å². The molecule has 28 heavy (non-hydrogen) atoms. The number of nitriles is 1. The summed E-state index contributed by atoms with van der Waals surface area (Å²) in [7, 11) is 3.87. The Kier molecular flexibility index (Phi) is 6.07. The molecule has 0 radical (unpaired) electrons. The lowest BCUT2D eigenvalue weighted by Crippen LogP contribution is -2.20. The molecule has 0 aliphatic heterocycles. The summed E-state index contributed by atoms with van der Waals surface area (Å²) in [6, 6.07) is 14.0. The maximum Gasteiger partial charge on any atom is 0.244 e. The minimum Gasteiger partial charge on any atom is -0.363 e. The predicted molar refractivity (Wildman–Crippen MR) is 112 cm³/mol. The van der Waals surface area contributed by atoms with Gasteiger partial charge in [0.2, 0.25) is 5.91 Å². The summed E-state index contributed by atoms with van der Waals surface area (Å²) in [5.41, 5.74) is 2.96. The lowest BCUT2D eigenvalue weighted by Gasteiger charge is -2.11. The zero-order chi connectivity index (χ0) is 19.9. The van der Waals surface area contributed by atoms with Crippen molar-refractivity contribution in [1.29, 1.82) is 5.26 Å². The number of pyridine rings is 1. The summed E-state index contributed by atoms with van der Waals surface area (Å²) in [6.07, 6.45) is 7.55. The van der Waals surface area contributed by atoms with Crippen LogP contribution < -0.4 is 10.2 Å². The molecule has 6 nitrogen and oxygen atoms in total. The molecular formula is C22H23N5O. The van der Waals surface area contributed by atoms with Crippen molar-refractivity contribution in [3.05, 3.63) is 66.0 Å². The van der Waals surface area contributed by atoms with Crippen LogP contribution in [0.1, 0.15) is 17.5 Å². The Morgan fingerprint density at radius 3 is 2.82 bits per heavy atom. The summed E-state index contributed by atoms with van der Waals surface area (Å²) in [5.74, 6) is 0.716. The van der Waals surface area contributed by atoms with Gasteiger partial charge in [-0.05, 0) is 23.8 Å². The first kappa shape index (κ1) is 19.2. The van der Waals surface area contributed by atoms with Gasteiger partial charge in [0.1, 0.15) is 5.82 Å². The van der Waals surface area contributed by atoms with E-state index in [9.17, 15) is 4.79 Å². The van der Waals surface area contributed by atoms with Gasteiger partial charge in [-0.2, -0.15) is 5.26 Å². The number of carbonyl (C=O) groups is 1. The maximum absolute atomic E-state index is 12.2. The summed E-state index contributed by atoms with van der Waals surface area (Å²) in [4.78, 5) is 18.5. The number of anilines is 1. The molecule has 1 N–H and O–H groups in total. The molecular weight excluding hydrogens is 350 g/mol. The van der Waals surface area contributed by atoms with Crippen LogP contribution in [0.3, 0.4) is 0 Å². The van der Waals surface area contributed by atoms with Crippen LogP contribution in [0.2, 0.25) is 0 Å². The van der Waals surface area contributed by atoms with Crippen molar-refractivity contribution in [3.63, 3.8) is 0 Å². The Bertz CT molecular complexity index is 1030. The van der Waals surface area contributed by atoms with E-state index in [4.69, 9.17) is 5.26 Å². The number of carbonyl (C=O) groups excluding carboxylic acids is 1. The molecule has 0 unspecified atom stereocenters. The Morgan fingerprint density at radius 1 is 1.29 bits per heavy atom. The standard InChI is InChI=1S/C22H23N5O/c1-26(2)21-10-8-17(14-24-21)15-25-22(28)11-9-18-16-27(13-5-12-23)20-7-4-3-6-19(18)20/h3-4,6-11,14,16H,5,13,15H2,1-2H3,(H,25,28)/b11-9+. The number of para-hydroxylation sites is 1. The molecule has 1 aromatic carbocycles. The van der Waals surface area contributed by atoms with Gasteiger partial charge in [0.05, 0.1) is 12.5 Å².